The number of aromatic nitrogens is 2. The minimum atomic E-state index is -1.40. The van der Waals surface area contributed by atoms with Crippen LogP contribution in [-0.4, -0.2) is 51.2 Å². The molecule has 1 N–H and O–H groups in total. The third-order valence-electron chi connectivity index (χ3n) is 4.02. The van der Waals surface area contributed by atoms with E-state index in [1.54, 1.807) is 0 Å². The van der Waals surface area contributed by atoms with Crippen LogP contribution in [0, 0.1) is 10.1 Å². The Balaban J connectivity index is 1.88. The zero-order valence-electron chi connectivity index (χ0n) is 11.2. The lowest BCUT2D eigenvalue weighted by atomic mass is 9.90. The largest absolute Gasteiger partial charge is 0.476 e. The highest BCUT2D eigenvalue weighted by molar-refractivity contribution is 5.89. The molecule has 2 fully saturated rings. The van der Waals surface area contributed by atoms with Gasteiger partial charge in [0.2, 0.25) is 5.69 Å². The van der Waals surface area contributed by atoms with Gasteiger partial charge in [0.05, 0.1) is 23.2 Å². The zero-order valence-corrected chi connectivity index (χ0v) is 11.2. The summed E-state index contributed by atoms with van der Waals surface area (Å²) in [4.78, 5) is 21.2. The Morgan fingerprint density at radius 3 is 2.95 bits per heavy atom. The van der Waals surface area contributed by atoms with Gasteiger partial charge in [-0.3, -0.25) is 14.8 Å². The van der Waals surface area contributed by atoms with Crippen LogP contribution in [0.15, 0.2) is 6.20 Å². The summed E-state index contributed by atoms with van der Waals surface area (Å²) in [6.45, 7) is 1.63. The zero-order chi connectivity index (χ0) is 15.0. The molecule has 9 heteroatoms. The van der Waals surface area contributed by atoms with E-state index in [0.29, 0.717) is 32.7 Å². The smallest absolute Gasteiger partial charge is 0.363 e. The molecule has 0 bridgehead atoms. The first kappa shape index (κ1) is 14.0. The Morgan fingerprint density at radius 2 is 2.38 bits per heavy atom. The van der Waals surface area contributed by atoms with Crippen LogP contribution >= 0.6 is 0 Å². The molecule has 2 aliphatic rings. The lowest BCUT2D eigenvalue weighted by molar-refractivity contribution is -0.385. The Bertz CT molecular complexity index is 546. The van der Waals surface area contributed by atoms with Gasteiger partial charge in [0, 0.05) is 26.1 Å². The Labute approximate surface area is 119 Å². The minimum absolute atomic E-state index is 0.118. The van der Waals surface area contributed by atoms with Crippen molar-refractivity contribution in [3.05, 3.63) is 22.0 Å². The number of carbonyl (C=O) groups is 1. The maximum Gasteiger partial charge on any atom is 0.363 e. The molecule has 9 nitrogen and oxygen atoms in total. The first-order valence-electron chi connectivity index (χ1n) is 6.69. The van der Waals surface area contributed by atoms with E-state index in [9.17, 15) is 14.9 Å². The highest BCUT2D eigenvalue weighted by atomic mass is 16.6. The molecule has 2 unspecified atom stereocenters. The first-order chi connectivity index (χ1) is 10.0. The van der Waals surface area contributed by atoms with Gasteiger partial charge in [0.15, 0.2) is 0 Å². The number of aromatic carboxylic acids is 1. The maximum atomic E-state index is 11.0. The number of carboxylic acids is 1. The molecule has 0 amide bonds. The van der Waals surface area contributed by atoms with Crippen molar-refractivity contribution < 1.29 is 24.3 Å². The van der Waals surface area contributed by atoms with Gasteiger partial charge < -0.3 is 14.6 Å². The summed E-state index contributed by atoms with van der Waals surface area (Å²) >= 11 is 0. The molecule has 3 heterocycles. The van der Waals surface area contributed by atoms with E-state index in [2.05, 4.69) is 5.10 Å². The topological polar surface area (TPSA) is 117 Å². The lowest BCUT2D eigenvalue weighted by Gasteiger charge is -2.36. The van der Waals surface area contributed by atoms with E-state index >= 15 is 0 Å². The second-order valence-corrected chi connectivity index (χ2v) is 5.39. The fourth-order valence-electron chi connectivity index (χ4n) is 2.95. The highest BCUT2D eigenvalue weighted by Crippen LogP contribution is 2.38. The number of carboxylic acid groups (broad SMARTS) is 1. The van der Waals surface area contributed by atoms with Crippen LogP contribution in [0.3, 0.4) is 0 Å². The van der Waals surface area contributed by atoms with Crippen molar-refractivity contribution in [1.29, 1.82) is 0 Å². The fraction of sp³-hybridized carbons (Fsp3) is 0.667. The van der Waals surface area contributed by atoms with E-state index < -0.39 is 22.3 Å². The molecule has 0 aromatic carbocycles. The predicted octanol–water partition coefficient (Wildman–Crippen LogP) is 1.00. The quantitative estimate of drug-likeness (QED) is 0.653. The van der Waals surface area contributed by atoms with E-state index in [4.69, 9.17) is 14.6 Å². The van der Waals surface area contributed by atoms with Gasteiger partial charge in [-0.05, 0) is 6.42 Å². The van der Waals surface area contributed by atoms with Crippen LogP contribution in [0.1, 0.15) is 35.8 Å². The summed E-state index contributed by atoms with van der Waals surface area (Å²) < 4.78 is 12.6. The summed E-state index contributed by atoms with van der Waals surface area (Å²) in [5, 5.41) is 23.8. The SMILES string of the molecule is O=C(O)c1nn(C2CCOC3(CCOC3)C2)cc1[N+](=O)[O-]. The van der Waals surface area contributed by atoms with Gasteiger partial charge in [-0.2, -0.15) is 5.10 Å². The van der Waals surface area contributed by atoms with Crippen molar-refractivity contribution in [3.63, 3.8) is 0 Å². The monoisotopic (exact) mass is 297 g/mol. The molecular formula is C12H15N3O6. The molecule has 2 saturated heterocycles. The molecule has 2 aliphatic heterocycles. The van der Waals surface area contributed by atoms with Gasteiger partial charge in [-0.15, -0.1) is 0 Å². The van der Waals surface area contributed by atoms with Crippen LogP contribution in [0.4, 0.5) is 5.69 Å². The summed E-state index contributed by atoms with van der Waals surface area (Å²) in [5.41, 5.74) is -1.37. The van der Waals surface area contributed by atoms with Crippen LogP contribution in [0.5, 0.6) is 0 Å². The van der Waals surface area contributed by atoms with Crippen LogP contribution in [0.2, 0.25) is 0 Å². The molecule has 2 atom stereocenters. The highest BCUT2D eigenvalue weighted by Gasteiger charge is 2.42. The summed E-state index contributed by atoms with van der Waals surface area (Å²) in [7, 11) is 0. The fourth-order valence-corrected chi connectivity index (χ4v) is 2.95. The van der Waals surface area contributed by atoms with E-state index in [1.807, 2.05) is 0 Å². The average molecular weight is 297 g/mol. The summed E-state index contributed by atoms with van der Waals surface area (Å²) in [6, 6.07) is -0.118. The van der Waals surface area contributed by atoms with Gasteiger partial charge >= 0.3 is 11.7 Å². The van der Waals surface area contributed by atoms with E-state index in [-0.39, 0.29) is 11.6 Å². The molecule has 21 heavy (non-hydrogen) atoms. The molecule has 1 aromatic heterocycles. The summed E-state index contributed by atoms with van der Waals surface area (Å²) in [5.74, 6) is -1.40. The maximum absolute atomic E-state index is 11.0. The van der Waals surface area contributed by atoms with Crippen LogP contribution in [0.25, 0.3) is 0 Å². The molecule has 0 saturated carbocycles. The molecule has 1 spiro atoms. The Kier molecular flexibility index (Phi) is 3.38. The van der Waals surface area contributed by atoms with Crippen molar-refractivity contribution in [2.24, 2.45) is 0 Å². The minimum Gasteiger partial charge on any atom is -0.476 e. The van der Waals surface area contributed by atoms with Crippen molar-refractivity contribution in [2.45, 2.75) is 30.9 Å². The second kappa shape index (κ2) is 5.08. The third kappa shape index (κ3) is 2.49. The van der Waals surface area contributed by atoms with Gasteiger partial charge in [0.1, 0.15) is 6.20 Å². The molecule has 1 aromatic rings. The van der Waals surface area contributed by atoms with Crippen LogP contribution < -0.4 is 0 Å². The number of nitrogens with zero attached hydrogens (tertiary/aromatic N) is 3. The molecule has 114 valence electrons. The normalized spacial score (nSPS) is 28.9. The van der Waals surface area contributed by atoms with E-state index in [1.165, 1.54) is 10.9 Å². The Hall–Kier alpha value is -2.00. The number of hydrogen-bond donors (Lipinski definition) is 1. The number of ether oxygens (including phenoxy) is 2. The number of nitro groups is 1. The number of rotatable bonds is 3. The Morgan fingerprint density at radius 1 is 1.57 bits per heavy atom. The van der Waals surface area contributed by atoms with Crippen molar-refractivity contribution in [2.75, 3.05) is 19.8 Å². The first-order valence-corrected chi connectivity index (χ1v) is 6.69. The average Bonchev–Trinajstić information content (AvgIpc) is 3.06. The van der Waals surface area contributed by atoms with Crippen LogP contribution in [-0.2, 0) is 9.47 Å². The van der Waals surface area contributed by atoms with Gasteiger partial charge in [-0.25, -0.2) is 4.79 Å². The van der Waals surface area contributed by atoms with Crippen molar-refractivity contribution in [1.82, 2.24) is 9.78 Å². The molecular weight excluding hydrogens is 282 g/mol. The molecule has 3 rings (SSSR count). The number of hydrogen-bond acceptors (Lipinski definition) is 6. The van der Waals surface area contributed by atoms with E-state index in [0.717, 1.165) is 6.42 Å². The summed E-state index contributed by atoms with van der Waals surface area (Å²) in [6.07, 6.45) is 3.23. The molecule has 0 radical (unpaired) electrons. The second-order valence-electron chi connectivity index (χ2n) is 5.39. The van der Waals surface area contributed by atoms with Crippen molar-refractivity contribution >= 4 is 11.7 Å². The molecule has 0 aliphatic carbocycles. The predicted molar refractivity (Wildman–Crippen MR) is 68.2 cm³/mol. The van der Waals surface area contributed by atoms with Gasteiger partial charge in [-0.1, -0.05) is 0 Å². The lowest BCUT2D eigenvalue weighted by Crippen LogP contribution is -2.41. The standard InChI is InChI=1S/C12H15N3O6/c16-11(17)10-9(15(18)19)6-14(13-10)8-1-3-21-12(5-8)2-4-20-7-12/h6,8H,1-5,7H2,(H,16,17). The van der Waals surface area contributed by atoms with Crippen molar-refractivity contribution in [3.8, 4) is 0 Å². The van der Waals surface area contributed by atoms with Gasteiger partial charge in [0.25, 0.3) is 0 Å². The third-order valence-corrected chi connectivity index (χ3v) is 4.02.